The number of amides is 1. The van der Waals surface area contributed by atoms with E-state index in [1.165, 1.54) is 29.6 Å². The van der Waals surface area contributed by atoms with Gasteiger partial charge in [0.2, 0.25) is 11.9 Å². The number of fused-ring (bicyclic) bond motifs is 1. The Morgan fingerprint density at radius 1 is 1.12 bits per heavy atom. The zero-order valence-electron chi connectivity index (χ0n) is 22.3. The van der Waals surface area contributed by atoms with Crippen LogP contribution >= 0.6 is 0 Å². The fourth-order valence-corrected chi connectivity index (χ4v) is 4.35. The molecule has 1 aliphatic rings. The van der Waals surface area contributed by atoms with Gasteiger partial charge in [-0.2, -0.15) is 8.42 Å². The molecular formula is C24H29N9O6S. The standard InChI is InChI=1S/C23H25N9O3.CH4O3S/c1-14-6-5-9-32(14)22-24-10-15(11-25-22)16-7-4-8-17(27-16)28-18(33)12-31-13-26-20-19(31)21(34)30(3)23(35)29(20)2;1-5(2,3)4/h4,7-8,10-11,13-14H,5-6,9,12H2,1-3H3,(H,27,28,33);1H3,(H,2,3,4)/t14-;/m0./s1. The summed E-state index contributed by atoms with van der Waals surface area (Å²) in [5.74, 6) is 0.674. The Labute approximate surface area is 228 Å². The summed E-state index contributed by atoms with van der Waals surface area (Å²) in [4.78, 5) is 57.3. The summed E-state index contributed by atoms with van der Waals surface area (Å²) in [5.41, 5.74) is 0.766. The first-order valence-corrected chi connectivity index (χ1v) is 14.1. The van der Waals surface area contributed by atoms with E-state index >= 15 is 0 Å². The maximum atomic E-state index is 12.7. The highest BCUT2D eigenvalue weighted by Crippen LogP contribution is 2.23. The highest BCUT2D eigenvalue weighted by molar-refractivity contribution is 7.85. The van der Waals surface area contributed by atoms with E-state index in [2.05, 4.69) is 37.1 Å². The molecular weight excluding hydrogens is 542 g/mol. The number of carbonyl (C=O) groups is 1. The number of hydrogen-bond acceptors (Lipinski definition) is 10. The van der Waals surface area contributed by atoms with Gasteiger partial charge < -0.3 is 14.8 Å². The van der Waals surface area contributed by atoms with Gasteiger partial charge in [-0.1, -0.05) is 6.07 Å². The van der Waals surface area contributed by atoms with E-state index in [4.69, 9.17) is 4.55 Å². The van der Waals surface area contributed by atoms with E-state index in [1.54, 1.807) is 24.5 Å². The van der Waals surface area contributed by atoms with Crippen LogP contribution in [-0.2, 0) is 35.6 Å². The highest BCUT2D eigenvalue weighted by atomic mass is 32.2. The molecule has 4 aromatic heterocycles. The molecule has 4 aromatic rings. The zero-order chi connectivity index (χ0) is 29.2. The molecule has 15 nitrogen and oxygen atoms in total. The molecule has 1 fully saturated rings. The lowest BCUT2D eigenvalue weighted by molar-refractivity contribution is -0.116. The van der Waals surface area contributed by atoms with E-state index in [0.29, 0.717) is 29.8 Å². The minimum atomic E-state index is -3.67. The highest BCUT2D eigenvalue weighted by Gasteiger charge is 2.22. The fraction of sp³-hybridized carbons (Fsp3) is 0.375. The van der Waals surface area contributed by atoms with E-state index < -0.39 is 21.4 Å². The molecule has 1 saturated heterocycles. The van der Waals surface area contributed by atoms with E-state index in [0.717, 1.165) is 29.5 Å². The predicted molar refractivity (Wildman–Crippen MR) is 148 cm³/mol. The summed E-state index contributed by atoms with van der Waals surface area (Å²) in [7, 11) is -0.752. The smallest absolute Gasteiger partial charge is 0.332 e. The van der Waals surface area contributed by atoms with Crippen molar-refractivity contribution in [3.05, 3.63) is 57.8 Å². The molecule has 0 spiro atoms. The zero-order valence-corrected chi connectivity index (χ0v) is 23.2. The van der Waals surface area contributed by atoms with Crippen molar-refractivity contribution in [1.29, 1.82) is 0 Å². The summed E-state index contributed by atoms with van der Waals surface area (Å²) in [6, 6.07) is 5.71. The van der Waals surface area contributed by atoms with Gasteiger partial charge in [-0.25, -0.2) is 24.7 Å². The van der Waals surface area contributed by atoms with Crippen LogP contribution in [0.25, 0.3) is 22.4 Å². The predicted octanol–water partition coefficient (Wildman–Crippen LogP) is 0.417. The van der Waals surface area contributed by atoms with Crippen LogP contribution in [0.3, 0.4) is 0 Å². The second kappa shape index (κ2) is 11.4. The number of carbonyl (C=O) groups excluding carboxylic acids is 1. The molecule has 16 heteroatoms. The largest absolute Gasteiger partial charge is 0.338 e. The van der Waals surface area contributed by atoms with Crippen molar-refractivity contribution < 1.29 is 17.8 Å². The first kappa shape index (κ1) is 28.6. The van der Waals surface area contributed by atoms with Crippen LogP contribution in [0.1, 0.15) is 19.8 Å². The number of nitrogens with zero attached hydrogens (tertiary/aromatic N) is 8. The summed E-state index contributed by atoms with van der Waals surface area (Å²) < 4.78 is 29.5. The van der Waals surface area contributed by atoms with Gasteiger partial charge >= 0.3 is 5.69 Å². The monoisotopic (exact) mass is 571 g/mol. The third-order valence-electron chi connectivity index (χ3n) is 6.29. The molecule has 0 bridgehead atoms. The van der Waals surface area contributed by atoms with Crippen LogP contribution in [0.5, 0.6) is 0 Å². The van der Waals surface area contributed by atoms with Crippen molar-refractivity contribution >= 4 is 39.0 Å². The molecule has 212 valence electrons. The van der Waals surface area contributed by atoms with Crippen molar-refractivity contribution in [3.8, 4) is 11.3 Å². The van der Waals surface area contributed by atoms with Crippen molar-refractivity contribution in [1.82, 2.24) is 33.6 Å². The molecule has 0 saturated carbocycles. The number of imidazole rings is 1. The van der Waals surface area contributed by atoms with E-state index in [9.17, 15) is 22.8 Å². The molecule has 1 amide bonds. The van der Waals surface area contributed by atoms with Gasteiger partial charge in [0.25, 0.3) is 15.7 Å². The molecule has 0 radical (unpaired) electrons. The average Bonchev–Trinajstić information content (AvgIpc) is 3.51. The average molecular weight is 572 g/mol. The number of nitrogens with one attached hydrogen (secondary N) is 1. The van der Waals surface area contributed by atoms with Gasteiger partial charge in [0.05, 0.1) is 18.3 Å². The molecule has 40 heavy (non-hydrogen) atoms. The van der Waals surface area contributed by atoms with Gasteiger partial charge in [-0.05, 0) is 31.9 Å². The van der Waals surface area contributed by atoms with Crippen molar-refractivity contribution in [2.45, 2.75) is 32.4 Å². The quantitative estimate of drug-likeness (QED) is 0.316. The molecule has 0 aliphatic carbocycles. The molecule has 5 rings (SSSR count). The van der Waals surface area contributed by atoms with Crippen molar-refractivity contribution in [2.24, 2.45) is 14.1 Å². The van der Waals surface area contributed by atoms with E-state index in [1.807, 2.05) is 6.07 Å². The van der Waals surface area contributed by atoms with E-state index in [-0.39, 0.29) is 23.6 Å². The molecule has 1 atom stereocenters. The van der Waals surface area contributed by atoms with Gasteiger partial charge in [0.1, 0.15) is 12.4 Å². The Bertz CT molecular complexity index is 1770. The summed E-state index contributed by atoms with van der Waals surface area (Å²) in [6.45, 7) is 2.96. The molecule has 0 aromatic carbocycles. The topological polar surface area (TPSA) is 187 Å². The Morgan fingerprint density at radius 2 is 1.80 bits per heavy atom. The lowest BCUT2D eigenvalue weighted by atomic mass is 10.2. The molecule has 0 unspecified atom stereocenters. The lowest BCUT2D eigenvalue weighted by Crippen LogP contribution is -2.37. The summed E-state index contributed by atoms with van der Waals surface area (Å²) >= 11 is 0. The number of anilines is 2. The number of rotatable bonds is 5. The second-order valence-corrected chi connectivity index (χ2v) is 10.9. The van der Waals surface area contributed by atoms with Crippen LogP contribution in [0, 0.1) is 0 Å². The number of aromatic nitrogens is 7. The van der Waals surface area contributed by atoms with Crippen LogP contribution in [0.4, 0.5) is 11.8 Å². The summed E-state index contributed by atoms with van der Waals surface area (Å²) in [6.07, 6.45) is 7.83. The van der Waals surface area contributed by atoms with Crippen LogP contribution in [0.15, 0.2) is 46.5 Å². The van der Waals surface area contributed by atoms with Crippen LogP contribution in [-0.4, -0.2) is 71.4 Å². The minimum absolute atomic E-state index is 0.165. The Hall–Kier alpha value is -4.44. The van der Waals surface area contributed by atoms with Gasteiger partial charge in [0.15, 0.2) is 11.2 Å². The fourth-order valence-electron chi connectivity index (χ4n) is 4.35. The molecule has 2 N–H and O–H groups in total. The maximum absolute atomic E-state index is 12.7. The van der Waals surface area contributed by atoms with Crippen molar-refractivity contribution in [2.75, 3.05) is 23.0 Å². The Morgan fingerprint density at radius 3 is 2.42 bits per heavy atom. The number of hydrogen-bond donors (Lipinski definition) is 2. The normalized spacial score (nSPS) is 15.1. The van der Waals surface area contributed by atoms with Crippen LogP contribution < -0.4 is 21.5 Å². The molecule has 1 aliphatic heterocycles. The third-order valence-corrected chi connectivity index (χ3v) is 6.29. The minimum Gasteiger partial charge on any atom is -0.338 e. The lowest BCUT2D eigenvalue weighted by Gasteiger charge is -2.20. The first-order chi connectivity index (χ1) is 18.8. The molecule has 5 heterocycles. The Balaban J connectivity index is 0.000000681. The number of pyridine rings is 1. The summed E-state index contributed by atoms with van der Waals surface area (Å²) in [5, 5.41) is 2.75. The number of aryl methyl sites for hydroxylation is 1. The van der Waals surface area contributed by atoms with Crippen LogP contribution in [0.2, 0.25) is 0 Å². The SMILES string of the molecule is CS(=O)(=O)O.C[C@H]1CCCN1c1ncc(-c2cccc(NC(=O)Cn3cnc4c3c(=O)n(C)c(=O)n4C)n2)cn1. The van der Waals surface area contributed by atoms with Crippen molar-refractivity contribution in [3.63, 3.8) is 0 Å². The Kier molecular flexibility index (Phi) is 8.11. The second-order valence-electron chi connectivity index (χ2n) is 9.40. The van der Waals surface area contributed by atoms with Gasteiger partial charge in [-0.3, -0.25) is 23.3 Å². The van der Waals surface area contributed by atoms with Gasteiger partial charge in [-0.15, -0.1) is 0 Å². The van der Waals surface area contributed by atoms with Gasteiger partial charge in [0, 0.05) is 44.6 Å². The third kappa shape index (κ3) is 6.40. The first-order valence-electron chi connectivity index (χ1n) is 12.2. The maximum Gasteiger partial charge on any atom is 0.332 e.